The summed E-state index contributed by atoms with van der Waals surface area (Å²) >= 11 is 0. The van der Waals surface area contributed by atoms with E-state index in [4.69, 9.17) is 0 Å². The Morgan fingerprint density at radius 1 is 0.446 bits per heavy atom. The first-order valence-corrected chi connectivity index (χ1v) is 19.5. The van der Waals surface area contributed by atoms with Crippen LogP contribution in [0.15, 0.2) is 201 Å². The molecule has 0 fully saturated rings. The fourth-order valence-electron chi connectivity index (χ4n) is 9.11. The van der Waals surface area contributed by atoms with Crippen LogP contribution in [0.5, 0.6) is 0 Å². The van der Waals surface area contributed by atoms with Gasteiger partial charge in [-0.15, -0.1) is 0 Å². The molecule has 9 aromatic rings. The minimum atomic E-state index is 0.326. The van der Waals surface area contributed by atoms with Crippen LogP contribution in [0, 0.1) is 0 Å². The minimum Gasteiger partial charge on any atom is -0.0984 e. The lowest BCUT2D eigenvalue weighted by molar-refractivity contribution is 0.865. The zero-order valence-corrected chi connectivity index (χ0v) is 31.3. The van der Waals surface area contributed by atoms with Gasteiger partial charge in [-0.1, -0.05) is 207 Å². The summed E-state index contributed by atoms with van der Waals surface area (Å²) in [5, 5.41) is 10.2. The molecule has 10 rings (SSSR count). The summed E-state index contributed by atoms with van der Waals surface area (Å²) < 4.78 is 0. The van der Waals surface area contributed by atoms with Crippen LogP contribution in [-0.4, -0.2) is 0 Å². The highest BCUT2D eigenvalue weighted by Crippen LogP contribution is 2.46. The van der Waals surface area contributed by atoms with Crippen LogP contribution in [0.25, 0.3) is 94.2 Å². The summed E-state index contributed by atoms with van der Waals surface area (Å²) in [6.45, 7) is 8.18. The van der Waals surface area contributed by atoms with E-state index in [1.807, 2.05) is 12.2 Å². The molecule has 56 heavy (non-hydrogen) atoms. The van der Waals surface area contributed by atoms with Gasteiger partial charge in [0.05, 0.1) is 0 Å². The maximum Gasteiger partial charge on any atom is 0.00622 e. The molecule has 1 atom stereocenters. The first-order valence-electron chi connectivity index (χ1n) is 19.5. The molecule has 1 aliphatic carbocycles. The summed E-state index contributed by atoms with van der Waals surface area (Å²) in [5.41, 5.74) is 13.4. The predicted octanol–water partition coefficient (Wildman–Crippen LogP) is 15.7. The molecule has 264 valence electrons. The van der Waals surface area contributed by atoms with Crippen molar-refractivity contribution in [3.8, 4) is 33.4 Å². The van der Waals surface area contributed by atoms with E-state index in [1.165, 1.54) is 82.0 Å². The molecule has 0 aromatic heterocycles. The Bertz CT molecular complexity index is 3070. The van der Waals surface area contributed by atoms with Crippen LogP contribution in [-0.2, 0) is 0 Å². The van der Waals surface area contributed by atoms with E-state index in [0.717, 1.165) is 28.7 Å². The molecule has 0 amide bonds. The smallest absolute Gasteiger partial charge is 0.00622 e. The zero-order chi connectivity index (χ0) is 37.6. The molecule has 1 aliphatic rings. The molecule has 9 aromatic carbocycles. The monoisotopic (exact) mass is 712 g/mol. The Hall–Kier alpha value is -7.02. The second kappa shape index (κ2) is 14.0. The fraction of sp³-hybridized carbons (Fsp3) is 0.0357. The van der Waals surface area contributed by atoms with Gasteiger partial charge in [-0.25, -0.2) is 0 Å². The van der Waals surface area contributed by atoms with Crippen molar-refractivity contribution in [2.24, 2.45) is 0 Å². The van der Waals surface area contributed by atoms with E-state index in [0.29, 0.717) is 5.92 Å². The van der Waals surface area contributed by atoms with Gasteiger partial charge in [-0.2, -0.15) is 0 Å². The Kier molecular flexibility index (Phi) is 8.38. The number of rotatable bonds is 7. The zero-order valence-electron chi connectivity index (χ0n) is 31.3. The molecule has 0 bridgehead atoms. The van der Waals surface area contributed by atoms with E-state index < -0.39 is 0 Å². The number of fused-ring (bicyclic) bond motifs is 4. The van der Waals surface area contributed by atoms with Crippen LogP contribution >= 0.6 is 0 Å². The van der Waals surface area contributed by atoms with Crippen molar-refractivity contribution in [3.05, 3.63) is 223 Å². The predicted molar refractivity (Wildman–Crippen MR) is 244 cm³/mol. The van der Waals surface area contributed by atoms with E-state index >= 15 is 0 Å². The first kappa shape index (κ1) is 33.5. The lowest BCUT2D eigenvalue weighted by Gasteiger charge is -2.23. The van der Waals surface area contributed by atoms with Crippen LogP contribution in [0.1, 0.15) is 34.6 Å². The van der Waals surface area contributed by atoms with Gasteiger partial charge in [0.25, 0.3) is 0 Å². The molecule has 0 heteroatoms. The van der Waals surface area contributed by atoms with Gasteiger partial charge in [0.1, 0.15) is 0 Å². The van der Waals surface area contributed by atoms with E-state index in [1.54, 1.807) is 0 Å². The molecule has 0 aliphatic heterocycles. The Morgan fingerprint density at radius 2 is 1.04 bits per heavy atom. The summed E-state index contributed by atoms with van der Waals surface area (Å²) in [6.07, 6.45) is 12.1. The van der Waals surface area contributed by atoms with E-state index in [2.05, 4.69) is 201 Å². The van der Waals surface area contributed by atoms with E-state index in [9.17, 15) is 0 Å². The summed E-state index contributed by atoms with van der Waals surface area (Å²) in [4.78, 5) is 0. The van der Waals surface area contributed by atoms with Crippen LogP contribution < -0.4 is 0 Å². The third-order valence-corrected chi connectivity index (χ3v) is 11.8. The first-order chi connectivity index (χ1) is 27.7. The third kappa shape index (κ3) is 5.62. The second-order valence-corrected chi connectivity index (χ2v) is 14.8. The lowest BCUT2D eigenvalue weighted by atomic mass is 9.81. The minimum absolute atomic E-state index is 0.326. The normalized spacial score (nSPS) is 14.0. The highest BCUT2D eigenvalue weighted by molar-refractivity contribution is 6.20. The van der Waals surface area contributed by atoms with Crippen LogP contribution in [0.2, 0.25) is 0 Å². The Balaban J connectivity index is 1.17. The standard InChI is InChI=1S/C56H40/c1-3-37-16-11-23-46(45(37)4-2)40-26-32-43(33-27-40)56-52-22-10-9-21-51(52)55(42-30-28-41(29-31-42)49-24-12-17-38-14-5-7-19-47(38)49)53-35-34-44(36-54(53)56)50-25-13-18-39-15-6-8-20-48(39)50/h3-28,30-36,41H,1-2,29H2. The number of hydrogen-bond acceptors (Lipinski definition) is 0. The second-order valence-electron chi connectivity index (χ2n) is 14.8. The Labute approximate surface area is 328 Å². The van der Waals surface area contributed by atoms with Gasteiger partial charge in [0.15, 0.2) is 0 Å². The average molecular weight is 713 g/mol. The Morgan fingerprint density at radius 3 is 1.77 bits per heavy atom. The maximum atomic E-state index is 4.13. The van der Waals surface area contributed by atoms with Gasteiger partial charge < -0.3 is 0 Å². The lowest BCUT2D eigenvalue weighted by Crippen LogP contribution is -2.01. The summed E-state index contributed by atoms with van der Waals surface area (Å²) in [6, 6.07) is 62.4. The maximum absolute atomic E-state index is 4.13. The average Bonchev–Trinajstić information content (AvgIpc) is 3.27. The van der Waals surface area contributed by atoms with Gasteiger partial charge in [-0.05, 0) is 117 Å². The van der Waals surface area contributed by atoms with Crippen molar-refractivity contribution in [1.82, 2.24) is 0 Å². The highest BCUT2D eigenvalue weighted by atomic mass is 14.2. The van der Waals surface area contributed by atoms with Crippen molar-refractivity contribution in [2.45, 2.75) is 12.3 Å². The van der Waals surface area contributed by atoms with Crippen LogP contribution in [0.4, 0.5) is 0 Å². The number of benzene rings is 9. The molecule has 0 radical (unpaired) electrons. The molecule has 0 saturated heterocycles. The third-order valence-electron chi connectivity index (χ3n) is 11.8. The molecule has 0 heterocycles. The highest BCUT2D eigenvalue weighted by Gasteiger charge is 2.21. The molecule has 0 N–H and O–H groups in total. The van der Waals surface area contributed by atoms with Crippen molar-refractivity contribution in [1.29, 1.82) is 0 Å². The van der Waals surface area contributed by atoms with Crippen molar-refractivity contribution in [3.63, 3.8) is 0 Å². The summed E-state index contributed by atoms with van der Waals surface area (Å²) in [5.74, 6) is 0.326. The quantitative estimate of drug-likeness (QED) is 0.144. The number of hydrogen-bond donors (Lipinski definition) is 0. The van der Waals surface area contributed by atoms with Crippen molar-refractivity contribution < 1.29 is 0 Å². The molecule has 0 saturated carbocycles. The topological polar surface area (TPSA) is 0 Å². The van der Waals surface area contributed by atoms with E-state index in [-0.39, 0.29) is 0 Å². The van der Waals surface area contributed by atoms with Gasteiger partial charge in [0.2, 0.25) is 0 Å². The largest absolute Gasteiger partial charge is 0.0984 e. The fourth-order valence-corrected chi connectivity index (χ4v) is 9.11. The molecule has 0 spiro atoms. The van der Waals surface area contributed by atoms with Gasteiger partial charge >= 0.3 is 0 Å². The SMILES string of the molecule is C=Cc1cccc(-c2ccc(-c3c4ccccc4c(C4=CCC(c5cccc6ccccc56)C=C4)c4ccc(-c5cccc6ccccc56)cc34)cc2)c1C=C. The van der Waals surface area contributed by atoms with Gasteiger partial charge in [-0.3, -0.25) is 0 Å². The van der Waals surface area contributed by atoms with Crippen molar-refractivity contribution >= 4 is 60.8 Å². The van der Waals surface area contributed by atoms with Gasteiger partial charge in [0, 0.05) is 5.92 Å². The molecular weight excluding hydrogens is 673 g/mol. The van der Waals surface area contributed by atoms with Crippen molar-refractivity contribution in [2.75, 3.05) is 0 Å². The molecule has 1 unspecified atom stereocenters. The van der Waals surface area contributed by atoms with Crippen LogP contribution in [0.3, 0.4) is 0 Å². The number of allylic oxidation sites excluding steroid dienone is 4. The summed E-state index contributed by atoms with van der Waals surface area (Å²) in [7, 11) is 0. The molecular formula is C56H40. The molecule has 0 nitrogen and oxygen atoms in total.